The van der Waals surface area contributed by atoms with Gasteiger partial charge < -0.3 is 10.6 Å². The summed E-state index contributed by atoms with van der Waals surface area (Å²) < 4.78 is 0. The van der Waals surface area contributed by atoms with Crippen LogP contribution in [0.4, 0.5) is 0 Å². The van der Waals surface area contributed by atoms with Gasteiger partial charge >= 0.3 is 0 Å². The first-order chi connectivity index (χ1) is 7.14. The fourth-order valence-corrected chi connectivity index (χ4v) is 2.94. The molecule has 2 fully saturated rings. The van der Waals surface area contributed by atoms with E-state index in [2.05, 4.69) is 18.7 Å². The normalized spacial score (nSPS) is 36.4. The highest BCUT2D eigenvalue weighted by atomic mass is 15.1. The van der Waals surface area contributed by atoms with E-state index >= 15 is 0 Å². The molecule has 0 amide bonds. The maximum Gasteiger partial charge on any atom is 0.0105 e. The third kappa shape index (κ3) is 2.73. The van der Waals surface area contributed by atoms with E-state index in [4.69, 9.17) is 5.73 Å². The molecule has 2 heteroatoms. The largest absolute Gasteiger partial charge is 0.327 e. The van der Waals surface area contributed by atoms with Crippen molar-refractivity contribution in [2.24, 2.45) is 17.1 Å². The molecule has 2 atom stereocenters. The molecule has 0 radical (unpaired) electrons. The molecule has 2 N–H and O–H groups in total. The van der Waals surface area contributed by atoms with Crippen LogP contribution in [-0.4, -0.2) is 30.6 Å². The van der Waals surface area contributed by atoms with Crippen molar-refractivity contribution in [2.45, 2.75) is 52.0 Å². The van der Waals surface area contributed by atoms with Crippen LogP contribution in [0.3, 0.4) is 0 Å². The lowest BCUT2D eigenvalue weighted by molar-refractivity contribution is 0.153. The number of nitrogens with two attached hydrogens (primary N) is 1. The second kappa shape index (κ2) is 4.42. The highest BCUT2D eigenvalue weighted by Crippen LogP contribution is 2.38. The Balaban J connectivity index is 1.86. The molecule has 2 saturated carbocycles. The zero-order valence-corrected chi connectivity index (χ0v) is 10.3. The molecular weight excluding hydrogens is 184 g/mol. The van der Waals surface area contributed by atoms with Gasteiger partial charge in [-0.2, -0.15) is 0 Å². The highest BCUT2D eigenvalue weighted by molar-refractivity contribution is 4.94. The van der Waals surface area contributed by atoms with Gasteiger partial charge in [0, 0.05) is 19.1 Å². The van der Waals surface area contributed by atoms with Gasteiger partial charge in [-0.05, 0) is 43.6 Å². The number of rotatable bonds is 5. The van der Waals surface area contributed by atoms with E-state index in [1.165, 1.54) is 51.7 Å². The molecule has 0 aromatic heterocycles. The average molecular weight is 210 g/mol. The molecule has 0 spiro atoms. The van der Waals surface area contributed by atoms with Crippen LogP contribution >= 0.6 is 0 Å². The van der Waals surface area contributed by atoms with E-state index < -0.39 is 0 Å². The van der Waals surface area contributed by atoms with Gasteiger partial charge in [0.25, 0.3) is 0 Å². The summed E-state index contributed by atoms with van der Waals surface area (Å²) in [5, 5.41) is 0. The Labute approximate surface area is 94.2 Å². The first-order valence-corrected chi connectivity index (χ1v) is 6.62. The first-order valence-electron chi connectivity index (χ1n) is 6.62. The summed E-state index contributed by atoms with van der Waals surface area (Å²) in [5.41, 5.74) is 6.63. The SMILES string of the molecule is CCN(CC1CC1)CC1(C)CCCC1N. The predicted molar refractivity (Wildman–Crippen MR) is 64.8 cm³/mol. The first kappa shape index (κ1) is 11.4. The van der Waals surface area contributed by atoms with Crippen molar-refractivity contribution in [1.82, 2.24) is 4.90 Å². The van der Waals surface area contributed by atoms with Crippen LogP contribution in [0.15, 0.2) is 0 Å². The summed E-state index contributed by atoms with van der Waals surface area (Å²) in [4.78, 5) is 2.63. The molecular formula is C13H26N2. The molecule has 0 aliphatic heterocycles. The lowest BCUT2D eigenvalue weighted by atomic mass is 9.84. The van der Waals surface area contributed by atoms with Crippen molar-refractivity contribution in [3.8, 4) is 0 Å². The topological polar surface area (TPSA) is 29.3 Å². The minimum atomic E-state index is 0.394. The van der Waals surface area contributed by atoms with E-state index in [-0.39, 0.29) is 0 Å². The van der Waals surface area contributed by atoms with Crippen LogP contribution in [0.1, 0.15) is 46.0 Å². The van der Waals surface area contributed by atoms with Crippen LogP contribution in [0.25, 0.3) is 0 Å². The van der Waals surface area contributed by atoms with Crippen molar-refractivity contribution in [1.29, 1.82) is 0 Å². The van der Waals surface area contributed by atoms with Gasteiger partial charge in [-0.25, -0.2) is 0 Å². The van der Waals surface area contributed by atoms with Crippen molar-refractivity contribution in [3.63, 3.8) is 0 Å². The van der Waals surface area contributed by atoms with Crippen molar-refractivity contribution in [2.75, 3.05) is 19.6 Å². The Hall–Kier alpha value is -0.0800. The Morgan fingerprint density at radius 3 is 2.53 bits per heavy atom. The zero-order valence-electron chi connectivity index (χ0n) is 10.3. The van der Waals surface area contributed by atoms with Crippen molar-refractivity contribution >= 4 is 0 Å². The van der Waals surface area contributed by atoms with Crippen LogP contribution in [0.5, 0.6) is 0 Å². The smallest absolute Gasteiger partial charge is 0.0105 e. The van der Waals surface area contributed by atoms with Crippen molar-refractivity contribution < 1.29 is 0 Å². The monoisotopic (exact) mass is 210 g/mol. The van der Waals surface area contributed by atoms with Gasteiger partial charge in [-0.15, -0.1) is 0 Å². The molecule has 0 saturated heterocycles. The third-order valence-corrected chi connectivity index (χ3v) is 4.40. The Morgan fingerprint density at radius 2 is 2.07 bits per heavy atom. The lowest BCUT2D eigenvalue weighted by Gasteiger charge is -2.35. The van der Waals surface area contributed by atoms with Gasteiger partial charge in [-0.1, -0.05) is 20.3 Å². The number of nitrogens with zero attached hydrogens (tertiary/aromatic N) is 1. The molecule has 0 aromatic rings. The summed E-state index contributed by atoms with van der Waals surface area (Å²) in [5.74, 6) is 1.01. The highest BCUT2D eigenvalue weighted by Gasteiger charge is 2.38. The summed E-state index contributed by atoms with van der Waals surface area (Å²) in [6.07, 6.45) is 6.81. The van der Waals surface area contributed by atoms with Gasteiger partial charge in [0.05, 0.1) is 0 Å². The molecule has 2 unspecified atom stereocenters. The Bertz CT molecular complexity index is 213. The fourth-order valence-electron chi connectivity index (χ4n) is 2.94. The fraction of sp³-hybridized carbons (Fsp3) is 1.00. The molecule has 0 bridgehead atoms. The third-order valence-electron chi connectivity index (χ3n) is 4.40. The van der Waals surface area contributed by atoms with Crippen LogP contribution < -0.4 is 5.73 Å². The second-order valence-electron chi connectivity index (χ2n) is 5.92. The molecule has 2 nitrogen and oxygen atoms in total. The molecule has 0 aromatic carbocycles. The minimum absolute atomic E-state index is 0.394. The van der Waals surface area contributed by atoms with Gasteiger partial charge in [0.2, 0.25) is 0 Å². The van der Waals surface area contributed by atoms with E-state index in [9.17, 15) is 0 Å². The standard InChI is InChI=1S/C13H26N2/c1-3-15(9-11-6-7-11)10-13(2)8-4-5-12(13)14/h11-12H,3-10,14H2,1-2H3. The molecule has 2 aliphatic carbocycles. The summed E-state index contributed by atoms with van der Waals surface area (Å²) >= 11 is 0. The van der Waals surface area contributed by atoms with Crippen molar-refractivity contribution in [3.05, 3.63) is 0 Å². The molecule has 0 heterocycles. The maximum absolute atomic E-state index is 6.24. The molecule has 2 aliphatic rings. The van der Waals surface area contributed by atoms with Gasteiger partial charge in [0.15, 0.2) is 0 Å². The van der Waals surface area contributed by atoms with Crippen LogP contribution in [-0.2, 0) is 0 Å². The maximum atomic E-state index is 6.24. The number of hydrogen-bond acceptors (Lipinski definition) is 2. The zero-order chi connectivity index (χ0) is 10.9. The summed E-state index contributed by atoms with van der Waals surface area (Å²) in [6.45, 7) is 8.41. The van der Waals surface area contributed by atoms with Gasteiger partial charge in [0.1, 0.15) is 0 Å². The van der Waals surface area contributed by atoms with E-state index in [1.54, 1.807) is 0 Å². The van der Waals surface area contributed by atoms with E-state index in [0.717, 1.165) is 5.92 Å². The predicted octanol–water partition coefficient (Wildman–Crippen LogP) is 2.24. The van der Waals surface area contributed by atoms with Crippen LogP contribution in [0.2, 0.25) is 0 Å². The van der Waals surface area contributed by atoms with E-state index in [0.29, 0.717) is 11.5 Å². The summed E-state index contributed by atoms with van der Waals surface area (Å²) in [7, 11) is 0. The average Bonchev–Trinajstić information content (AvgIpc) is 2.95. The minimum Gasteiger partial charge on any atom is -0.327 e. The molecule has 15 heavy (non-hydrogen) atoms. The Kier molecular flexibility index (Phi) is 3.36. The van der Waals surface area contributed by atoms with Gasteiger partial charge in [-0.3, -0.25) is 0 Å². The quantitative estimate of drug-likeness (QED) is 0.754. The lowest BCUT2D eigenvalue weighted by Crippen LogP contribution is -2.44. The number of hydrogen-bond donors (Lipinski definition) is 1. The van der Waals surface area contributed by atoms with E-state index in [1.807, 2.05) is 0 Å². The second-order valence-corrected chi connectivity index (χ2v) is 5.92. The van der Waals surface area contributed by atoms with Crippen LogP contribution in [0, 0.1) is 11.3 Å². The molecule has 2 rings (SSSR count). The summed E-state index contributed by atoms with van der Waals surface area (Å²) in [6, 6.07) is 0.436. The molecule has 88 valence electrons. The Morgan fingerprint density at radius 1 is 1.33 bits per heavy atom.